The Bertz CT molecular complexity index is 777. The Hall–Kier alpha value is -2.28. The molecule has 0 saturated heterocycles. The second-order valence-corrected chi connectivity index (χ2v) is 5.33. The molecule has 3 rings (SSSR count). The number of rotatable bonds is 4. The van der Waals surface area contributed by atoms with Crippen molar-refractivity contribution in [1.82, 2.24) is 19.2 Å². The standard InChI is InChI=1S/C13H13N5OS/c14-10-4-5-12(15-9-10)20-8-7-18-13(19)17-6-2-1-3-11(17)16-18/h1-6,9H,7-8,14H2. The number of hydrogen-bond acceptors (Lipinski definition) is 5. The Morgan fingerprint density at radius 3 is 2.90 bits per heavy atom. The molecule has 0 amide bonds. The van der Waals surface area contributed by atoms with Crippen LogP contribution in [0.25, 0.3) is 5.65 Å². The average Bonchev–Trinajstić information content (AvgIpc) is 2.78. The third-order valence-electron chi connectivity index (χ3n) is 2.80. The molecule has 0 atom stereocenters. The topological polar surface area (TPSA) is 78.2 Å². The van der Waals surface area contributed by atoms with Gasteiger partial charge >= 0.3 is 5.69 Å². The summed E-state index contributed by atoms with van der Waals surface area (Å²) in [7, 11) is 0. The summed E-state index contributed by atoms with van der Waals surface area (Å²) in [6, 6.07) is 9.16. The van der Waals surface area contributed by atoms with E-state index < -0.39 is 0 Å². The number of aromatic nitrogens is 4. The van der Waals surface area contributed by atoms with Gasteiger partial charge in [-0.05, 0) is 24.3 Å². The van der Waals surface area contributed by atoms with Gasteiger partial charge < -0.3 is 5.73 Å². The molecule has 102 valence electrons. The summed E-state index contributed by atoms with van der Waals surface area (Å²) in [6.45, 7) is 0.539. The van der Waals surface area contributed by atoms with E-state index in [1.807, 2.05) is 30.3 Å². The fourth-order valence-electron chi connectivity index (χ4n) is 1.83. The van der Waals surface area contributed by atoms with E-state index in [0.717, 1.165) is 10.8 Å². The summed E-state index contributed by atoms with van der Waals surface area (Å²) < 4.78 is 3.01. The van der Waals surface area contributed by atoms with Crippen molar-refractivity contribution in [2.75, 3.05) is 11.5 Å². The van der Waals surface area contributed by atoms with E-state index in [1.54, 1.807) is 24.2 Å². The Kier molecular flexibility index (Phi) is 3.42. The van der Waals surface area contributed by atoms with Crippen LogP contribution in [-0.4, -0.2) is 24.9 Å². The zero-order valence-corrected chi connectivity index (χ0v) is 11.5. The van der Waals surface area contributed by atoms with Crippen LogP contribution in [0.4, 0.5) is 5.69 Å². The lowest BCUT2D eigenvalue weighted by molar-refractivity contribution is 0.639. The Morgan fingerprint density at radius 1 is 1.25 bits per heavy atom. The molecular formula is C13H13N5OS. The van der Waals surface area contributed by atoms with E-state index in [4.69, 9.17) is 5.73 Å². The van der Waals surface area contributed by atoms with Gasteiger partial charge in [0.25, 0.3) is 0 Å². The molecule has 0 spiro atoms. The smallest absolute Gasteiger partial charge is 0.350 e. The molecule has 0 aliphatic rings. The zero-order valence-electron chi connectivity index (χ0n) is 10.6. The lowest BCUT2D eigenvalue weighted by Gasteiger charge is -2.00. The number of hydrogen-bond donors (Lipinski definition) is 1. The minimum Gasteiger partial charge on any atom is -0.397 e. The summed E-state index contributed by atoms with van der Waals surface area (Å²) in [6.07, 6.45) is 3.34. The average molecular weight is 287 g/mol. The maximum absolute atomic E-state index is 12.0. The van der Waals surface area contributed by atoms with Crippen LogP contribution >= 0.6 is 11.8 Å². The van der Waals surface area contributed by atoms with E-state index in [-0.39, 0.29) is 5.69 Å². The summed E-state index contributed by atoms with van der Waals surface area (Å²) in [5, 5.41) is 5.16. The van der Waals surface area contributed by atoms with Crippen molar-refractivity contribution in [3.05, 3.63) is 53.2 Å². The predicted molar refractivity (Wildman–Crippen MR) is 78.8 cm³/mol. The SMILES string of the molecule is Nc1ccc(SCCn2nc3ccccn3c2=O)nc1. The van der Waals surface area contributed by atoms with Crippen LogP contribution in [0.3, 0.4) is 0 Å². The number of nitrogens with zero attached hydrogens (tertiary/aromatic N) is 4. The van der Waals surface area contributed by atoms with Gasteiger partial charge in [-0.2, -0.15) is 0 Å². The van der Waals surface area contributed by atoms with Crippen molar-refractivity contribution in [2.45, 2.75) is 11.6 Å². The first kappa shape index (κ1) is 12.7. The van der Waals surface area contributed by atoms with Crippen LogP contribution in [0.1, 0.15) is 0 Å². The third kappa shape index (κ3) is 2.53. The molecule has 0 bridgehead atoms. The zero-order chi connectivity index (χ0) is 13.9. The molecule has 3 heterocycles. The molecule has 0 aliphatic carbocycles. The number of nitrogens with two attached hydrogens (primary N) is 1. The van der Waals surface area contributed by atoms with E-state index in [2.05, 4.69) is 10.1 Å². The first-order valence-electron chi connectivity index (χ1n) is 6.12. The summed E-state index contributed by atoms with van der Waals surface area (Å²) in [5.74, 6) is 0.723. The Labute approximate surface area is 119 Å². The first-order chi connectivity index (χ1) is 9.74. The van der Waals surface area contributed by atoms with E-state index in [1.165, 1.54) is 9.08 Å². The first-order valence-corrected chi connectivity index (χ1v) is 7.11. The largest absolute Gasteiger partial charge is 0.397 e. The highest BCUT2D eigenvalue weighted by atomic mass is 32.2. The van der Waals surface area contributed by atoms with Gasteiger partial charge in [0.15, 0.2) is 5.65 Å². The van der Waals surface area contributed by atoms with Crippen LogP contribution < -0.4 is 11.4 Å². The number of fused-ring (bicyclic) bond motifs is 1. The fourth-order valence-corrected chi connectivity index (χ4v) is 2.59. The quantitative estimate of drug-likeness (QED) is 0.731. The van der Waals surface area contributed by atoms with E-state index >= 15 is 0 Å². The highest BCUT2D eigenvalue weighted by Gasteiger charge is 2.05. The maximum atomic E-state index is 12.0. The number of pyridine rings is 2. The van der Waals surface area contributed by atoms with Gasteiger partial charge in [0.2, 0.25) is 0 Å². The van der Waals surface area contributed by atoms with Crippen LogP contribution in [-0.2, 0) is 6.54 Å². The van der Waals surface area contributed by atoms with Gasteiger partial charge in [0, 0.05) is 11.9 Å². The van der Waals surface area contributed by atoms with Crippen LogP contribution in [0.2, 0.25) is 0 Å². The number of thioether (sulfide) groups is 1. The maximum Gasteiger partial charge on any atom is 0.350 e. The normalized spacial score (nSPS) is 11.0. The van der Waals surface area contributed by atoms with Gasteiger partial charge in [0.05, 0.1) is 23.5 Å². The molecule has 3 aromatic heterocycles. The van der Waals surface area contributed by atoms with Gasteiger partial charge in [-0.15, -0.1) is 16.9 Å². The lowest BCUT2D eigenvalue weighted by atomic mass is 10.4. The highest BCUT2D eigenvalue weighted by molar-refractivity contribution is 7.99. The van der Waals surface area contributed by atoms with Crippen LogP contribution in [0.15, 0.2) is 52.5 Å². The van der Waals surface area contributed by atoms with Gasteiger partial charge in [0.1, 0.15) is 0 Å². The molecule has 3 aromatic rings. The molecule has 20 heavy (non-hydrogen) atoms. The lowest BCUT2D eigenvalue weighted by Crippen LogP contribution is -2.21. The Morgan fingerprint density at radius 2 is 2.15 bits per heavy atom. The number of nitrogen functional groups attached to an aromatic ring is 1. The number of anilines is 1. The van der Waals surface area contributed by atoms with E-state index in [0.29, 0.717) is 17.9 Å². The monoisotopic (exact) mass is 287 g/mol. The summed E-state index contributed by atoms with van der Waals surface area (Å²) in [4.78, 5) is 16.2. The number of aryl methyl sites for hydroxylation is 1. The molecule has 0 saturated carbocycles. The molecule has 0 fully saturated rings. The van der Waals surface area contributed by atoms with Crippen molar-refractivity contribution >= 4 is 23.1 Å². The molecular weight excluding hydrogens is 274 g/mol. The minimum atomic E-state index is -0.119. The fraction of sp³-hybridized carbons (Fsp3) is 0.154. The van der Waals surface area contributed by atoms with Crippen molar-refractivity contribution in [3.8, 4) is 0 Å². The predicted octanol–water partition coefficient (Wildman–Crippen LogP) is 1.27. The molecule has 0 unspecified atom stereocenters. The summed E-state index contributed by atoms with van der Waals surface area (Å²) >= 11 is 1.57. The van der Waals surface area contributed by atoms with Crippen molar-refractivity contribution in [3.63, 3.8) is 0 Å². The van der Waals surface area contributed by atoms with Gasteiger partial charge in [-0.3, -0.25) is 4.40 Å². The molecule has 6 nitrogen and oxygen atoms in total. The Balaban J connectivity index is 1.69. The van der Waals surface area contributed by atoms with Crippen molar-refractivity contribution in [2.24, 2.45) is 0 Å². The molecule has 0 aromatic carbocycles. The van der Waals surface area contributed by atoms with Crippen LogP contribution in [0, 0.1) is 0 Å². The van der Waals surface area contributed by atoms with Crippen molar-refractivity contribution in [1.29, 1.82) is 0 Å². The van der Waals surface area contributed by atoms with Crippen molar-refractivity contribution < 1.29 is 0 Å². The molecule has 0 aliphatic heterocycles. The second kappa shape index (κ2) is 5.38. The molecule has 7 heteroatoms. The van der Waals surface area contributed by atoms with Gasteiger partial charge in [-0.25, -0.2) is 14.5 Å². The third-order valence-corrected chi connectivity index (χ3v) is 3.72. The van der Waals surface area contributed by atoms with Crippen LogP contribution in [0.5, 0.6) is 0 Å². The van der Waals surface area contributed by atoms with E-state index in [9.17, 15) is 4.79 Å². The molecule has 0 radical (unpaired) electrons. The summed E-state index contributed by atoms with van der Waals surface area (Å²) in [5.41, 5.74) is 6.77. The highest BCUT2D eigenvalue weighted by Crippen LogP contribution is 2.15. The molecule has 2 N–H and O–H groups in total. The second-order valence-electron chi connectivity index (χ2n) is 4.21. The minimum absolute atomic E-state index is 0.119. The van der Waals surface area contributed by atoms with Gasteiger partial charge in [-0.1, -0.05) is 6.07 Å².